The monoisotopic (exact) mass is 420 g/mol. The molecule has 3 rings (SSSR count). The summed E-state index contributed by atoms with van der Waals surface area (Å²) >= 11 is 2.63. The highest BCUT2D eigenvalue weighted by atomic mass is 32.2. The fourth-order valence-corrected chi connectivity index (χ4v) is 4.60. The molecule has 1 fully saturated rings. The lowest BCUT2D eigenvalue weighted by Gasteiger charge is -2.19. The maximum atomic E-state index is 12.5. The van der Waals surface area contributed by atoms with Crippen molar-refractivity contribution in [3.8, 4) is 5.75 Å². The summed E-state index contributed by atoms with van der Waals surface area (Å²) in [7, 11) is 0. The highest BCUT2D eigenvalue weighted by Crippen LogP contribution is 2.27. The second-order valence-corrected chi connectivity index (χ2v) is 8.54. The summed E-state index contributed by atoms with van der Waals surface area (Å²) in [4.78, 5) is 26.8. The van der Waals surface area contributed by atoms with Gasteiger partial charge in [0.1, 0.15) is 5.75 Å². The van der Waals surface area contributed by atoms with E-state index in [4.69, 9.17) is 4.74 Å². The molecule has 150 valence electrons. The molecule has 0 radical (unpaired) electrons. The Morgan fingerprint density at radius 3 is 2.68 bits per heavy atom. The molecule has 0 aliphatic carbocycles. The molecular weight excluding hydrogens is 396 g/mol. The molecule has 0 spiro atoms. The van der Waals surface area contributed by atoms with Crippen LogP contribution in [-0.4, -0.2) is 52.4 Å². The number of hydrogen-bond donors (Lipinski definition) is 1. The smallest absolute Gasteiger partial charge is 0.261 e. The van der Waals surface area contributed by atoms with Crippen LogP contribution in [-0.2, 0) is 4.79 Å². The fraction of sp³-hybridized carbons (Fsp3) is 0.474. The Labute approximate surface area is 172 Å². The molecule has 9 heteroatoms. The van der Waals surface area contributed by atoms with Crippen LogP contribution >= 0.6 is 23.1 Å². The van der Waals surface area contributed by atoms with E-state index in [-0.39, 0.29) is 11.8 Å². The number of rotatable bonds is 7. The molecule has 0 bridgehead atoms. The third kappa shape index (κ3) is 5.68. The highest BCUT2D eigenvalue weighted by Gasteiger charge is 2.18. The number of anilines is 1. The van der Waals surface area contributed by atoms with E-state index in [2.05, 4.69) is 15.5 Å². The lowest BCUT2D eigenvalue weighted by Crippen LogP contribution is -2.33. The van der Waals surface area contributed by atoms with E-state index in [0.29, 0.717) is 33.1 Å². The van der Waals surface area contributed by atoms with Gasteiger partial charge in [-0.25, -0.2) is 0 Å². The van der Waals surface area contributed by atoms with Crippen molar-refractivity contribution in [2.45, 2.75) is 36.9 Å². The van der Waals surface area contributed by atoms with Gasteiger partial charge in [-0.2, -0.15) is 0 Å². The molecule has 1 N–H and O–H groups in total. The number of aromatic nitrogens is 2. The molecule has 1 aromatic carbocycles. The summed E-state index contributed by atoms with van der Waals surface area (Å²) in [6.07, 6.45) is 4.55. The lowest BCUT2D eigenvalue weighted by atomic mass is 10.2. The van der Waals surface area contributed by atoms with Crippen LogP contribution in [0.15, 0.2) is 28.6 Å². The van der Waals surface area contributed by atoms with Gasteiger partial charge in [0.25, 0.3) is 5.91 Å². The number of para-hydroxylation sites is 1. The van der Waals surface area contributed by atoms with Crippen molar-refractivity contribution in [2.75, 3.05) is 30.8 Å². The van der Waals surface area contributed by atoms with Crippen LogP contribution in [0.25, 0.3) is 0 Å². The van der Waals surface area contributed by atoms with E-state index in [1.165, 1.54) is 35.9 Å². The summed E-state index contributed by atoms with van der Waals surface area (Å²) in [5.74, 6) is 0.718. The standard InChI is InChI=1S/C19H24N4O3S2/c1-2-26-15-10-6-5-9-14(15)17(25)20-18-21-22-19(28-18)27-13-16(24)23-11-7-3-4-8-12-23/h5-6,9-10H,2-4,7-8,11-13H2,1H3,(H,20,21,25). The van der Waals surface area contributed by atoms with Crippen molar-refractivity contribution >= 4 is 40.0 Å². The second-order valence-electron chi connectivity index (χ2n) is 6.34. The number of amides is 2. The first-order valence-corrected chi connectivity index (χ1v) is 11.2. The first kappa shape index (κ1) is 20.6. The average molecular weight is 421 g/mol. The molecule has 0 atom stereocenters. The largest absolute Gasteiger partial charge is 0.493 e. The third-order valence-electron chi connectivity index (χ3n) is 4.34. The van der Waals surface area contributed by atoms with Crippen molar-refractivity contribution in [1.82, 2.24) is 15.1 Å². The first-order valence-electron chi connectivity index (χ1n) is 9.44. The zero-order valence-electron chi connectivity index (χ0n) is 15.8. The van der Waals surface area contributed by atoms with Gasteiger partial charge in [-0.3, -0.25) is 14.9 Å². The van der Waals surface area contributed by atoms with Gasteiger partial charge in [-0.15, -0.1) is 10.2 Å². The number of hydrogen-bond acceptors (Lipinski definition) is 7. The molecule has 2 heterocycles. The second kappa shape index (κ2) is 10.4. The van der Waals surface area contributed by atoms with Gasteiger partial charge in [0.2, 0.25) is 11.0 Å². The van der Waals surface area contributed by atoms with Gasteiger partial charge < -0.3 is 9.64 Å². The van der Waals surface area contributed by atoms with E-state index in [1.807, 2.05) is 17.9 Å². The number of ether oxygens (including phenoxy) is 1. The van der Waals surface area contributed by atoms with Crippen molar-refractivity contribution in [2.24, 2.45) is 0 Å². The Bertz CT molecular complexity index is 804. The van der Waals surface area contributed by atoms with Gasteiger partial charge in [0, 0.05) is 13.1 Å². The minimum atomic E-state index is -0.294. The Hall–Kier alpha value is -2.13. The number of benzene rings is 1. The normalized spacial score (nSPS) is 14.4. The maximum Gasteiger partial charge on any atom is 0.261 e. The Balaban J connectivity index is 1.54. The molecule has 1 aliphatic heterocycles. The van der Waals surface area contributed by atoms with Crippen molar-refractivity contribution in [1.29, 1.82) is 0 Å². The molecule has 0 unspecified atom stereocenters. The summed E-state index contributed by atoms with van der Waals surface area (Å²) in [6.45, 7) is 4.04. The number of nitrogens with zero attached hydrogens (tertiary/aromatic N) is 3. The van der Waals surface area contributed by atoms with Gasteiger partial charge in [-0.05, 0) is 31.9 Å². The van der Waals surface area contributed by atoms with Gasteiger partial charge in [-0.1, -0.05) is 48.1 Å². The Kier molecular flexibility index (Phi) is 7.67. The van der Waals surface area contributed by atoms with E-state index in [1.54, 1.807) is 18.2 Å². The van der Waals surface area contributed by atoms with Crippen LogP contribution < -0.4 is 10.1 Å². The summed E-state index contributed by atoms with van der Waals surface area (Å²) in [5, 5.41) is 11.2. The average Bonchev–Trinajstić information content (AvgIpc) is 2.97. The predicted molar refractivity (Wildman–Crippen MR) is 111 cm³/mol. The zero-order valence-corrected chi connectivity index (χ0v) is 17.5. The van der Waals surface area contributed by atoms with Crippen molar-refractivity contribution < 1.29 is 14.3 Å². The molecule has 0 saturated carbocycles. The summed E-state index contributed by atoms with van der Waals surface area (Å²) in [5.41, 5.74) is 0.449. The highest BCUT2D eigenvalue weighted by molar-refractivity contribution is 8.01. The van der Waals surface area contributed by atoms with Crippen molar-refractivity contribution in [3.05, 3.63) is 29.8 Å². The number of likely N-dealkylation sites (tertiary alicyclic amines) is 1. The van der Waals surface area contributed by atoms with E-state index >= 15 is 0 Å². The molecule has 28 heavy (non-hydrogen) atoms. The fourth-order valence-electron chi connectivity index (χ4n) is 2.95. The first-order chi connectivity index (χ1) is 13.7. The zero-order chi connectivity index (χ0) is 19.8. The van der Waals surface area contributed by atoms with Gasteiger partial charge in [0.15, 0.2) is 4.34 Å². The molecule has 2 aromatic rings. The number of nitrogens with one attached hydrogen (secondary N) is 1. The van der Waals surface area contributed by atoms with Crippen LogP contribution in [0.5, 0.6) is 5.75 Å². The van der Waals surface area contributed by atoms with Crippen LogP contribution in [0.3, 0.4) is 0 Å². The minimum absolute atomic E-state index is 0.137. The molecule has 1 saturated heterocycles. The van der Waals surface area contributed by atoms with Gasteiger partial charge >= 0.3 is 0 Å². The van der Waals surface area contributed by atoms with E-state index < -0.39 is 0 Å². The predicted octanol–water partition coefficient (Wildman–Crippen LogP) is 3.68. The Morgan fingerprint density at radius 2 is 1.93 bits per heavy atom. The van der Waals surface area contributed by atoms with Crippen LogP contribution in [0.1, 0.15) is 43.0 Å². The maximum absolute atomic E-state index is 12.5. The summed E-state index contributed by atoms with van der Waals surface area (Å²) in [6, 6.07) is 7.07. The number of carbonyl (C=O) groups is 2. The Morgan fingerprint density at radius 1 is 1.18 bits per heavy atom. The van der Waals surface area contributed by atoms with Gasteiger partial charge in [0.05, 0.1) is 17.9 Å². The molecule has 1 aromatic heterocycles. The lowest BCUT2D eigenvalue weighted by molar-refractivity contribution is -0.128. The molecule has 7 nitrogen and oxygen atoms in total. The molecule has 2 amide bonds. The van der Waals surface area contributed by atoms with Crippen LogP contribution in [0.2, 0.25) is 0 Å². The van der Waals surface area contributed by atoms with Crippen LogP contribution in [0.4, 0.5) is 5.13 Å². The molecular formula is C19H24N4O3S2. The SMILES string of the molecule is CCOc1ccccc1C(=O)Nc1nnc(SCC(=O)N2CCCCCC2)s1. The van der Waals surface area contributed by atoms with E-state index in [0.717, 1.165) is 25.9 Å². The van der Waals surface area contributed by atoms with Crippen LogP contribution in [0, 0.1) is 0 Å². The minimum Gasteiger partial charge on any atom is -0.493 e. The van der Waals surface area contributed by atoms with E-state index in [9.17, 15) is 9.59 Å². The topological polar surface area (TPSA) is 84.4 Å². The quantitative estimate of drug-likeness (QED) is 0.543. The molecule has 1 aliphatic rings. The van der Waals surface area contributed by atoms with Crippen molar-refractivity contribution in [3.63, 3.8) is 0 Å². The number of carbonyl (C=O) groups excluding carboxylic acids is 2. The summed E-state index contributed by atoms with van der Waals surface area (Å²) < 4.78 is 6.16. The third-order valence-corrected chi connectivity index (χ3v) is 6.29. The number of thioether (sulfide) groups is 1.